The maximum absolute atomic E-state index is 5.80. The third kappa shape index (κ3) is 3.40. The van der Waals surface area contributed by atoms with E-state index >= 15 is 0 Å². The van der Waals surface area contributed by atoms with E-state index < -0.39 is 0 Å². The van der Waals surface area contributed by atoms with Gasteiger partial charge in [0, 0.05) is 6.42 Å². The topological polar surface area (TPSA) is 44.2 Å². The smallest absolute Gasteiger partial charge is 0.261 e. The van der Waals surface area contributed by atoms with Gasteiger partial charge in [-0.05, 0) is 6.92 Å². The van der Waals surface area contributed by atoms with Gasteiger partial charge < -0.3 is 9.47 Å². The first-order chi connectivity index (χ1) is 7.15. The molecule has 0 aliphatic carbocycles. The van der Waals surface area contributed by atoms with Gasteiger partial charge in [0.2, 0.25) is 5.75 Å². The average molecular weight is 229 g/mol. The molecule has 0 spiro atoms. The second kappa shape index (κ2) is 5.56. The molecule has 0 unspecified atom stereocenters. The van der Waals surface area contributed by atoms with E-state index in [1.165, 1.54) is 13.4 Å². The molecule has 0 atom stereocenters. The van der Waals surface area contributed by atoms with Crippen molar-refractivity contribution in [1.82, 2.24) is 9.97 Å². The fourth-order valence-electron chi connectivity index (χ4n) is 0.934. The lowest BCUT2D eigenvalue weighted by atomic mass is 10.3. The van der Waals surface area contributed by atoms with Crippen molar-refractivity contribution in [2.24, 2.45) is 0 Å². The van der Waals surface area contributed by atoms with Crippen LogP contribution in [-0.2, 0) is 0 Å². The van der Waals surface area contributed by atoms with Gasteiger partial charge in [-0.1, -0.05) is 17.2 Å². The second-order valence-corrected chi connectivity index (χ2v) is 3.42. The molecule has 0 bridgehead atoms. The Hall–Kier alpha value is -1.29. The van der Waals surface area contributed by atoms with Crippen LogP contribution in [0.25, 0.3) is 0 Å². The Morgan fingerprint density at radius 2 is 2.27 bits per heavy atom. The highest BCUT2D eigenvalue weighted by Crippen LogP contribution is 2.30. The van der Waals surface area contributed by atoms with E-state index in [0.29, 0.717) is 18.2 Å². The van der Waals surface area contributed by atoms with E-state index in [0.717, 1.165) is 12.0 Å². The van der Waals surface area contributed by atoms with Crippen molar-refractivity contribution < 1.29 is 9.47 Å². The van der Waals surface area contributed by atoms with Crippen molar-refractivity contribution in [3.63, 3.8) is 0 Å². The highest BCUT2D eigenvalue weighted by Gasteiger charge is 2.10. The van der Waals surface area contributed by atoms with Crippen molar-refractivity contribution >= 4 is 11.6 Å². The minimum atomic E-state index is 0.248. The average Bonchev–Trinajstić information content (AvgIpc) is 2.17. The maximum Gasteiger partial charge on any atom is 0.261 e. The van der Waals surface area contributed by atoms with Crippen LogP contribution >= 0.6 is 11.6 Å². The van der Waals surface area contributed by atoms with Crippen LogP contribution in [0, 0.1) is 0 Å². The van der Waals surface area contributed by atoms with Gasteiger partial charge in [-0.3, -0.25) is 0 Å². The molecule has 0 aromatic carbocycles. The summed E-state index contributed by atoms with van der Waals surface area (Å²) in [7, 11) is 1.50. The molecule has 0 amide bonds. The van der Waals surface area contributed by atoms with E-state index in [1.807, 2.05) is 6.92 Å². The SMILES string of the molecule is C=C(C)CCOc1ncnc(Cl)c1OC. The zero-order valence-corrected chi connectivity index (χ0v) is 9.54. The van der Waals surface area contributed by atoms with E-state index in [1.54, 1.807) is 0 Å². The number of methoxy groups -OCH3 is 1. The third-order valence-electron chi connectivity index (χ3n) is 1.70. The van der Waals surface area contributed by atoms with Gasteiger partial charge in [0.05, 0.1) is 13.7 Å². The standard InChI is InChI=1S/C10H13ClN2O2/c1-7(2)4-5-15-10-8(14-3)9(11)12-6-13-10/h6H,1,4-5H2,2-3H3. The van der Waals surface area contributed by atoms with Gasteiger partial charge >= 0.3 is 0 Å². The van der Waals surface area contributed by atoms with Crippen molar-refractivity contribution in [3.8, 4) is 11.6 Å². The van der Waals surface area contributed by atoms with E-state index in [2.05, 4.69) is 16.5 Å². The molecule has 0 saturated carbocycles. The molecule has 1 aromatic rings. The monoisotopic (exact) mass is 228 g/mol. The van der Waals surface area contributed by atoms with Crippen molar-refractivity contribution in [3.05, 3.63) is 23.6 Å². The van der Waals surface area contributed by atoms with Gasteiger partial charge in [0.25, 0.3) is 5.88 Å². The first-order valence-electron chi connectivity index (χ1n) is 4.46. The quantitative estimate of drug-likeness (QED) is 0.574. The molecule has 0 aliphatic rings. The normalized spacial score (nSPS) is 9.80. The lowest BCUT2D eigenvalue weighted by Crippen LogP contribution is -2.02. The van der Waals surface area contributed by atoms with Crippen LogP contribution in [0.3, 0.4) is 0 Å². The number of rotatable bonds is 5. The summed E-state index contributed by atoms with van der Waals surface area (Å²) in [5.41, 5.74) is 1.05. The summed E-state index contributed by atoms with van der Waals surface area (Å²) in [4.78, 5) is 7.72. The van der Waals surface area contributed by atoms with Gasteiger partial charge in [-0.25, -0.2) is 4.98 Å². The maximum atomic E-state index is 5.80. The number of hydrogen-bond donors (Lipinski definition) is 0. The number of hydrogen-bond acceptors (Lipinski definition) is 4. The largest absolute Gasteiger partial charge is 0.489 e. The second-order valence-electron chi connectivity index (χ2n) is 3.06. The zero-order chi connectivity index (χ0) is 11.3. The molecule has 82 valence electrons. The summed E-state index contributed by atoms with van der Waals surface area (Å²) >= 11 is 5.80. The molecular formula is C10H13ClN2O2. The lowest BCUT2D eigenvalue weighted by molar-refractivity contribution is 0.284. The van der Waals surface area contributed by atoms with E-state index in [9.17, 15) is 0 Å². The number of nitrogens with zero attached hydrogens (tertiary/aromatic N) is 2. The van der Waals surface area contributed by atoms with Crippen LogP contribution in [0.1, 0.15) is 13.3 Å². The summed E-state index contributed by atoms with van der Waals surface area (Å²) in [5.74, 6) is 0.722. The Morgan fingerprint density at radius 1 is 1.53 bits per heavy atom. The molecule has 1 aromatic heterocycles. The molecule has 1 heterocycles. The van der Waals surface area contributed by atoms with Gasteiger partial charge in [-0.15, -0.1) is 6.58 Å². The first-order valence-corrected chi connectivity index (χ1v) is 4.84. The molecule has 15 heavy (non-hydrogen) atoms. The third-order valence-corrected chi connectivity index (χ3v) is 1.97. The number of aromatic nitrogens is 2. The minimum absolute atomic E-state index is 0.248. The van der Waals surface area contributed by atoms with E-state index in [4.69, 9.17) is 21.1 Å². The van der Waals surface area contributed by atoms with Gasteiger partial charge in [0.1, 0.15) is 6.33 Å². The number of ether oxygens (including phenoxy) is 2. The summed E-state index contributed by atoms with van der Waals surface area (Å²) in [6, 6.07) is 0. The molecule has 0 radical (unpaired) electrons. The van der Waals surface area contributed by atoms with Crippen molar-refractivity contribution in [2.45, 2.75) is 13.3 Å². The van der Waals surface area contributed by atoms with Crippen LogP contribution in [0.4, 0.5) is 0 Å². The van der Waals surface area contributed by atoms with Crippen LogP contribution < -0.4 is 9.47 Å². The summed E-state index contributed by atoms with van der Waals surface area (Å²) < 4.78 is 10.4. The molecule has 4 nitrogen and oxygen atoms in total. The molecule has 0 N–H and O–H groups in total. The van der Waals surface area contributed by atoms with Crippen molar-refractivity contribution in [2.75, 3.05) is 13.7 Å². The van der Waals surface area contributed by atoms with Crippen LogP contribution in [0.5, 0.6) is 11.6 Å². The fourth-order valence-corrected chi connectivity index (χ4v) is 1.14. The number of halogens is 1. The van der Waals surface area contributed by atoms with Crippen molar-refractivity contribution in [1.29, 1.82) is 0 Å². The predicted octanol–water partition coefficient (Wildman–Crippen LogP) is 2.48. The predicted molar refractivity (Wildman–Crippen MR) is 58.5 cm³/mol. The Bertz CT molecular complexity index is 355. The Balaban J connectivity index is 2.67. The molecule has 1 rings (SSSR count). The van der Waals surface area contributed by atoms with Gasteiger partial charge in [0.15, 0.2) is 5.15 Å². The fraction of sp³-hybridized carbons (Fsp3) is 0.400. The summed E-state index contributed by atoms with van der Waals surface area (Å²) in [6.45, 7) is 6.21. The molecule has 5 heteroatoms. The zero-order valence-electron chi connectivity index (χ0n) is 8.79. The molecule has 0 saturated heterocycles. The lowest BCUT2D eigenvalue weighted by Gasteiger charge is -2.09. The molecule has 0 aliphatic heterocycles. The Morgan fingerprint density at radius 3 is 2.87 bits per heavy atom. The highest BCUT2D eigenvalue weighted by atomic mass is 35.5. The summed E-state index contributed by atoms with van der Waals surface area (Å²) in [6.07, 6.45) is 2.10. The Labute approximate surface area is 93.9 Å². The first kappa shape index (κ1) is 11.8. The Kier molecular flexibility index (Phi) is 4.37. The van der Waals surface area contributed by atoms with Crippen LogP contribution in [-0.4, -0.2) is 23.7 Å². The van der Waals surface area contributed by atoms with Gasteiger partial charge in [-0.2, -0.15) is 4.98 Å². The minimum Gasteiger partial charge on any atom is -0.489 e. The molecular weight excluding hydrogens is 216 g/mol. The molecule has 0 fully saturated rings. The van der Waals surface area contributed by atoms with Crippen LogP contribution in [0.2, 0.25) is 5.15 Å². The summed E-state index contributed by atoms with van der Waals surface area (Å²) in [5, 5.41) is 0.248. The highest BCUT2D eigenvalue weighted by molar-refractivity contribution is 6.31. The van der Waals surface area contributed by atoms with Crippen LogP contribution in [0.15, 0.2) is 18.5 Å². The van der Waals surface area contributed by atoms with E-state index in [-0.39, 0.29) is 5.15 Å².